The second kappa shape index (κ2) is 3.30. The van der Waals surface area contributed by atoms with Crippen LogP contribution in [-0.2, 0) is 0 Å². The van der Waals surface area contributed by atoms with Gasteiger partial charge in [0.05, 0.1) is 13.1 Å². The molecule has 1 rings (SSSR count). The van der Waals surface area contributed by atoms with Crippen LogP contribution >= 0.6 is 0 Å². The maximum Gasteiger partial charge on any atom is 0.182 e. The van der Waals surface area contributed by atoms with E-state index in [2.05, 4.69) is 5.32 Å². The average Bonchev–Trinajstić information content (AvgIpc) is 2.06. The SMILES string of the molecule is OC[N+]1(CO)CCNCC1. The molecule has 0 aromatic heterocycles. The summed E-state index contributed by atoms with van der Waals surface area (Å²) >= 11 is 0. The Morgan fingerprint density at radius 2 is 1.60 bits per heavy atom. The van der Waals surface area contributed by atoms with E-state index in [-0.39, 0.29) is 13.5 Å². The highest BCUT2D eigenvalue weighted by Gasteiger charge is 2.27. The molecule has 1 heterocycles. The number of nitrogens with one attached hydrogen (secondary N) is 1. The third kappa shape index (κ3) is 1.46. The van der Waals surface area contributed by atoms with Gasteiger partial charge in [-0.2, -0.15) is 0 Å². The van der Waals surface area contributed by atoms with E-state index in [0.717, 1.165) is 26.2 Å². The maximum absolute atomic E-state index is 8.93. The Balaban J connectivity index is 2.44. The number of quaternary nitrogens is 1. The highest BCUT2D eigenvalue weighted by molar-refractivity contribution is 4.53. The van der Waals surface area contributed by atoms with Crippen LogP contribution in [0.15, 0.2) is 0 Å². The monoisotopic (exact) mass is 147 g/mol. The molecule has 0 aromatic carbocycles. The molecule has 0 bridgehead atoms. The van der Waals surface area contributed by atoms with Gasteiger partial charge < -0.3 is 15.5 Å². The molecule has 4 nitrogen and oxygen atoms in total. The second-order valence-electron chi connectivity index (χ2n) is 2.82. The number of aliphatic hydroxyl groups is 2. The summed E-state index contributed by atoms with van der Waals surface area (Å²) in [5.74, 6) is 0. The van der Waals surface area contributed by atoms with Gasteiger partial charge in [0.25, 0.3) is 0 Å². The Labute approximate surface area is 60.7 Å². The molecule has 60 valence electrons. The highest BCUT2D eigenvalue weighted by atomic mass is 16.3. The average molecular weight is 147 g/mol. The third-order valence-corrected chi connectivity index (χ3v) is 2.13. The lowest BCUT2D eigenvalue weighted by molar-refractivity contribution is -0.962. The Kier molecular flexibility index (Phi) is 2.62. The van der Waals surface area contributed by atoms with Crippen LogP contribution in [0.4, 0.5) is 0 Å². The predicted molar refractivity (Wildman–Crippen MR) is 37.0 cm³/mol. The van der Waals surface area contributed by atoms with Crippen molar-refractivity contribution in [1.82, 2.24) is 5.32 Å². The number of hydrogen-bond donors (Lipinski definition) is 3. The first kappa shape index (κ1) is 7.94. The summed E-state index contributed by atoms with van der Waals surface area (Å²) in [5, 5.41) is 21.0. The van der Waals surface area contributed by atoms with Crippen molar-refractivity contribution in [2.75, 3.05) is 39.6 Å². The Bertz CT molecular complexity index is 95.9. The van der Waals surface area contributed by atoms with Gasteiger partial charge in [-0.05, 0) is 0 Å². The van der Waals surface area contributed by atoms with E-state index in [1.54, 1.807) is 0 Å². The topological polar surface area (TPSA) is 52.5 Å². The van der Waals surface area contributed by atoms with E-state index in [0.29, 0.717) is 4.48 Å². The summed E-state index contributed by atoms with van der Waals surface area (Å²) in [4.78, 5) is 0. The van der Waals surface area contributed by atoms with E-state index >= 15 is 0 Å². The van der Waals surface area contributed by atoms with Gasteiger partial charge in [-0.3, -0.25) is 4.48 Å². The molecule has 1 aliphatic rings. The van der Waals surface area contributed by atoms with Gasteiger partial charge in [-0.15, -0.1) is 0 Å². The van der Waals surface area contributed by atoms with Gasteiger partial charge in [0.15, 0.2) is 13.5 Å². The molecule has 0 saturated carbocycles. The standard InChI is InChI=1S/C6H15N2O2/c9-5-8(6-10)3-1-7-2-4-8/h7,9-10H,1-6H2/q+1. The maximum atomic E-state index is 8.93. The zero-order valence-electron chi connectivity index (χ0n) is 6.08. The number of aliphatic hydroxyl groups excluding tert-OH is 2. The summed E-state index contributed by atoms with van der Waals surface area (Å²) in [5.41, 5.74) is 0. The van der Waals surface area contributed by atoms with Crippen LogP contribution in [-0.4, -0.2) is 54.3 Å². The summed E-state index contributed by atoms with van der Waals surface area (Å²) in [6.07, 6.45) is 0. The summed E-state index contributed by atoms with van der Waals surface area (Å²) in [6.45, 7) is 3.54. The Morgan fingerprint density at radius 1 is 1.10 bits per heavy atom. The first-order valence-corrected chi connectivity index (χ1v) is 3.60. The number of nitrogens with zero attached hydrogens (tertiary/aromatic N) is 1. The summed E-state index contributed by atoms with van der Waals surface area (Å²) < 4.78 is 0.438. The van der Waals surface area contributed by atoms with E-state index in [1.807, 2.05) is 0 Å². The molecule has 1 fully saturated rings. The van der Waals surface area contributed by atoms with E-state index in [4.69, 9.17) is 10.2 Å². The lowest BCUT2D eigenvalue weighted by Gasteiger charge is -2.37. The van der Waals surface area contributed by atoms with Gasteiger partial charge in [0.1, 0.15) is 0 Å². The zero-order chi connectivity index (χ0) is 7.45. The van der Waals surface area contributed by atoms with Crippen molar-refractivity contribution in [3.63, 3.8) is 0 Å². The van der Waals surface area contributed by atoms with Crippen LogP contribution in [0.1, 0.15) is 0 Å². The number of piperazine rings is 1. The zero-order valence-corrected chi connectivity index (χ0v) is 6.08. The minimum Gasteiger partial charge on any atom is -0.347 e. The molecule has 0 aromatic rings. The van der Waals surface area contributed by atoms with Crippen LogP contribution < -0.4 is 5.32 Å². The van der Waals surface area contributed by atoms with Crippen LogP contribution in [0.3, 0.4) is 0 Å². The highest BCUT2D eigenvalue weighted by Crippen LogP contribution is 2.04. The fraction of sp³-hybridized carbons (Fsp3) is 1.00. The second-order valence-corrected chi connectivity index (χ2v) is 2.82. The van der Waals surface area contributed by atoms with Crippen LogP contribution in [0.2, 0.25) is 0 Å². The van der Waals surface area contributed by atoms with Gasteiger partial charge in [0.2, 0.25) is 0 Å². The molecule has 10 heavy (non-hydrogen) atoms. The first-order valence-electron chi connectivity index (χ1n) is 3.60. The van der Waals surface area contributed by atoms with Crippen LogP contribution in [0.25, 0.3) is 0 Å². The van der Waals surface area contributed by atoms with E-state index in [9.17, 15) is 0 Å². The number of hydrogen-bond acceptors (Lipinski definition) is 3. The fourth-order valence-electron chi connectivity index (χ4n) is 1.20. The van der Waals surface area contributed by atoms with Crippen molar-refractivity contribution in [2.45, 2.75) is 0 Å². The van der Waals surface area contributed by atoms with Gasteiger partial charge >= 0.3 is 0 Å². The molecule has 0 amide bonds. The van der Waals surface area contributed by atoms with E-state index in [1.165, 1.54) is 0 Å². The molecule has 0 unspecified atom stereocenters. The molecule has 0 spiro atoms. The molecule has 1 aliphatic heterocycles. The van der Waals surface area contributed by atoms with E-state index < -0.39 is 0 Å². The molecule has 0 aliphatic carbocycles. The van der Waals surface area contributed by atoms with Crippen molar-refractivity contribution in [2.24, 2.45) is 0 Å². The molecule has 1 saturated heterocycles. The van der Waals surface area contributed by atoms with Crippen molar-refractivity contribution < 1.29 is 14.7 Å². The predicted octanol–water partition coefficient (Wildman–Crippen LogP) is -1.69. The van der Waals surface area contributed by atoms with Crippen LogP contribution in [0, 0.1) is 0 Å². The molecular weight excluding hydrogens is 132 g/mol. The minimum atomic E-state index is 0.0537. The normalized spacial score (nSPS) is 24.6. The number of rotatable bonds is 2. The quantitative estimate of drug-likeness (QED) is 0.408. The third-order valence-electron chi connectivity index (χ3n) is 2.13. The first-order chi connectivity index (χ1) is 4.83. The van der Waals surface area contributed by atoms with Crippen molar-refractivity contribution >= 4 is 0 Å². The minimum absolute atomic E-state index is 0.0537. The molecular formula is C6H15N2O2+. The molecule has 3 N–H and O–H groups in total. The van der Waals surface area contributed by atoms with Gasteiger partial charge in [-0.25, -0.2) is 0 Å². The Hall–Kier alpha value is -0.160. The van der Waals surface area contributed by atoms with Crippen molar-refractivity contribution in [1.29, 1.82) is 0 Å². The smallest absolute Gasteiger partial charge is 0.182 e. The molecule has 0 atom stereocenters. The van der Waals surface area contributed by atoms with Gasteiger partial charge in [-0.1, -0.05) is 0 Å². The van der Waals surface area contributed by atoms with Crippen molar-refractivity contribution in [3.05, 3.63) is 0 Å². The Morgan fingerprint density at radius 3 is 1.90 bits per heavy atom. The summed E-state index contributed by atoms with van der Waals surface area (Å²) in [7, 11) is 0. The summed E-state index contributed by atoms with van der Waals surface area (Å²) in [6, 6.07) is 0. The lowest BCUT2D eigenvalue weighted by Crippen LogP contribution is -2.59. The molecule has 4 heteroatoms. The van der Waals surface area contributed by atoms with Crippen LogP contribution in [0.5, 0.6) is 0 Å². The van der Waals surface area contributed by atoms with Crippen molar-refractivity contribution in [3.8, 4) is 0 Å². The lowest BCUT2D eigenvalue weighted by atomic mass is 10.3. The fourth-order valence-corrected chi connectivity index (χ4v) is 1.20. The largest absolute Gasteiger partial charge is 0.347 e. The molecule has 0 radical (unpaired) electrons. The van der Waals surface area contributed by atoms with Gasteiger partial charge in [0, 0.05) is 13.1 Å².